The molecule has 3 aromatic carbocycles. The number of benzene rings is 3. The van der Waals surface area contributed by atoms with E-state index >= 15 is 0 Å². The molecule has 5 heteroatoms. The summed E-state index contributed by atoms with van der Waals surface area (Å²) in [5, 5.41) is 0. The molecule has 2 aliphatic rings. The minimum absolute atomic E-state index is 0.0828. The maximum atomic E-state index is 5.71. The highest BCUT2D eigenvalue weighted by Crippen LogP contribution is 2.47. The van der Waals surface area contributed by atoms with Crippen LogP contribution in [0.1, 0.15) is 44.4 Å². The highest BCUT2D eigenvalue weighted by atomic mass is 16.5. The van der Waals surface area contributed by atoms with Crippen LogP contribution in [0.5, 0.6) is 5.75 Å². The molecule has 0 atom stereocenters. The lowest BCUT2D eigenvalue weighted by Gasteiger charge is -2.23. The SMILES string of the molecule is COc1cc(N=CC=C2N(C)c3ccccc3C2(C)C)c(C)cc1N=CC=C1N(C)c2ccccc2C1(C)C. The van der Waals surface area contributed by atoms with Crippen LogP contribution in [-0.4, -0.2) is 33.6 Å². The van der Waals surface area contributed by atoms with Crippen LogP contribution in [0.4, 0.5) is 22.7 Å². The van der Waals surface area contributed by atoms with E-state index in [1.54, 1.807) is 7.11 Å². The van der Waals surface area contributed by atoms with Gasteiger partial charge in [0.05, 0.1) is 12.8 Å². The number of nitrogens with zero attached hydrogens (tertiary/aromatic N) is 4. The summed E-state index contributed by atoms with van der Waals surface area (Å²) >= 11 is 0. The molecular formula is C34H38N4O. The summed E-state index contributed by atoms with van der Waals surface area (Å²) in [5.41, 5.74) is 10.1. The van der Waals surface area contributed by atoms with Crippen molar-refractivity contribution in [2.24, 2.45) is 9.98 Å². The zero-order valence-electron chi connectivity index (χ0n) is 24.3. The van der Waals surface area contributed by atoms with Gasteiger partial charge in [-0.2, -0.15) is 0 Å². The molecule has 2 heterocycles. The summed E-state index contributed by atoms with van der Waals surface area (Å²) in [5.74, 6) is 0.697. The highest BCUT2D eigenvalue weighted by Gasteiger charge is 2.38. The van der Waals surface area contributed by atoms with Crippen LogP contribution in [0.2, 0.25) is 0 Å². The van der Waals surface area contributed by atoms with E-state index in [9.17, 15) is 0 Å². The smallest absolute Gasteiger partial charge is 0.146 e. The third-order valence-corrected chi connectivity index (χ3v) is 8.27. The van der Waals surface area contributed by atoms with Gasteiger partial charge in [-0.05, 0) is 54.0 Å². The molecule has 2 aliphatic heterocycles. The zero-order valence-corrected chi connectivity index (χ0v) is 24.3. The number of hydrogen-bond donors (Lipinski definition) is 0. The van der Waals surface area contributed by atoms with Crippen molar-refractivity contribution in [3.63, 3.8) is 0 Å². The van der Waals surface area contributed by atoms with Crippen molar-refractivity contribution >= 4 is 35.2 Å². The number of allylic oxidation sites excluding steroid dienone is 4. The number of rotatable bonds is 5. The van der Waals surface area contributed by atoms with E-state index in [0.29, 0.717) is 5.75 Å². The predicted octanol–water partition coefficient (Wildman–Crippen LogP) is 8.03. The lowest BCUT2D eigenvalue weighted by atomic mass is 9.84. The van der Waals surface area contributed by atoms with Gasteiger partial charge in [0.1, 0.15) is 11.4 Å². The summed E-state index contributed by atoms with van der Waals surface area (Å²) in [7, 11) is 5.91. The van der Waals surface area contributed by atoms with Crippen LogP contribution >= 0.6 is 0 Å². The number of likely N-dealkylation sites (N-methyl/N-ethyl adjacent to an activating group) is 2. The number of fused-ring (bicyclic) bond motifs is 2. The molecule has 0 amide bonds. The van der Waals surface area contributed by atoms with E-state index in [4.69, 9.17) is 14.7 Å². The van der Waals surface area contributed by atoms with Crippen molar-refractivity contribution in [2.75, 3.05) is 31.0 Å². The van der Waals surface area contributed by atoms with Crippen molar-refractivity contribution in [1.29, 1.82) is 0 Å². The van der Waals surface area contributed by atoms with Gasteiger partial charge in [0.25, 0.3) is 0 Å². The molecule has 0 saturated heterocycles. The molecule has 0 bridgehead atoms. The van der Waals surface area contributed by atoms with Crippen molar-refractivity contribution < 1.29 is 4.74 Å². The number of methoxy groups -OCH3 is 1. The summed E-state index contributed by atoms with van der Waals surface area (Å²) in [6.45, 7) is 11.1. The van der Waals surface area contributed by atoms with Crippen molar-refractivity contribution in [3.8, 4) is 5.75 Å². The maximum absolute atomic E-state index is 5.71. The topological polar surface area (TPSA) is 40.4 Å². The third kappa shape index (κ3) is 4.46. The average molecular weight is 519 g/mol. The molecule has 0 N–H and O–H groups in total. The second-order valence-electron chi connectivity index (χ2n) is 11.4. The molecule has 0 aromatic heterocycles. The van der Waals surface area contributed by atoms with Crippen LogP contribution in [0, 0.1) is 6.92 Å². The Morgan fingerprint density at radius 2 is 1.15 bits per heavy atom. The largest absolute Gasteiger partial charge is 0.494 e. The summed E-state index contributed by atoms with van der Waals surface area (Å²) < 4.78 is 5.71. The normalized spacial score (nSPS) is 19.5. The first-order valence-corrected chi connectivity index (χ1v) is 13.4. The van der Waals surface area contributed by atoms with Crippen LogP contribution in [0.3, 0.4) is 0 Å². The van der Waals surface area contributed by atoms with Gasteiger partial charge in [0.2, 0.25) is 0 Å². The predicted molar refractivity (Wildman–Crippen MR) is 166 cm³/mol. The zero-order chi connectivity index (χ0) is 27.9. The van der Waals surface area contributed by atoms with Crippen LogP contribution in [0.15, 0.2) is 94.2 Å². The Bertz CT molecular complexity index is 1540. The Morgan fingerprint density at radius 1 is 0.692 bits per heavy atom. The van der Waals surface area contributed by atoms with Crippen LogP contribution in [0.25, 0.3) is 0 Å². The summed E-state index contributed by atoms with van der Waals surface area (Å²) in [6, 6.07) is 21.1. The van der Waals surface area contributed by atoms with Crippen LogP contribution < -0.4 is 14.5 Å². The second-order valence-corrected chi connectivity index (χ2v) is 11.4. The first kappa shape index (κ1) is 26.5. The molecule has 5 nitrogen and oxygen atoms in total. The quantitative estimate of drug-likeness (QED) is 0.321. The van der Waals surface area contributed by atoms with Gasteiger partial charge < -0.3 is 14.5 Å². The number of ether oxygens (including phenoxy) is 1. The lowest BCUT2D eigenvalue weighted by molar-refractivity contribution is 0.416. The average Bonchev–Trinajstić information content (AvgIpc) is 3.24. The van der Waals surface area contributed by atoms with Gasteiger partial charge in [-0.3, -0.25) is 9.98 Å². The van der Waals surface area contributed by atoms with Gasteiger partial charge in [-0.15, -0.1) is 0 Å². The molecule has 0 radical (unpaired) electrons. The van der Waals surface area contributed by atoms with Gasteiger partial charge in [0.15, 0.2) is 0 Å². The Labute approximate surface area is 232 Å². The number of hydrogen-bond acceptors (Lipinski definition) is 5. The first-order valence-electron chi connectivity index (χ1n) is 13.4. The number of para-hydroxylation sites is 2. The van der Waals surface area contributed by atoms with Crippen molar-refractivity contribution in [2.45, 2.75) is 45.4 Å². The van der Waals surface area contributed by atoms with Gasteiger partial charge in [0, 0.05) is 66.2 Å². The Kier molecular flexibility index (Phi) is 6.71. The monoisotopic (exact) mass is 518 g/mol. The molecule has 39 heavy (non-hydrogen) atoms. The van der Waals surface area contributed by atoms with E-state index < -0.39 is 0 Å². The lowest BCUT2D eigenvalue weighted by Crippen LogP contribution is -2.23. The maximum Gasteiger partial charge on any atom is 0.146 e. The third-order valence-electron chi connectivity index (χ3n) is 8.27. The molecule has 0 unspecified atom stereocenters. The molecule has 3 aromatic rings. The van der Waals surface area contributed by atoms with E-state index in [1.165, 1.54) is 33.9 Å². The molecule has 0 saturated carbocycles. The minimum Gasteiger partial charge on any atom is -0.494 e. The first-order chi connectivity index (χ1) is 18.6. The molecule has 0 aliphatic carbocycles. The fourth-order valence-electron chi connectivity index (χ4n) is 6.05. The number of aliphatic imine (C=N–C) groups is 2. The summed E-state index contributed by atoms with van der Waals surface area (Å²) in [6.07, 6.45) is 7.98. The fourth-order valence-corrected chi connectivity index (χ4v) is 6.05. The standard InChI is InChI=1S/C34H38N4O/c1-23-21-27(36-20-18-32-34(4,5)25-14-10-12-16-29(25)38(32)7)30(39-8)22-26(23)35-19-17-31-33(2,3)24-13-9-11-15-28(24)37(31)6/h9-22H,1-8H3. The molecular weight excluding hydrogens is 480 g/mol. The fraction of sp³-hybridized carbons (Fsp3) is 0.294. The van der Waals surface area contributed by atoms with Gasteiger partial charge in [-0.1, -0.05) is 64.1 Å². The van der Waals surface area contributed by atoms with E-state index in [1.807, 2.05) is 24.6 Å². The Balaban J connectivity index is 1.39. The molecule has 200 valence electrons. The highest BCUT2D eigenvalue weighted by molar-refractivity contribution is 5.84. The van der Waals surface area contributed by atoms with Gasteiger partial charge >= 0.3 is 0 Å². The van der Waals surface area contributed by atoms with E-state index in [2.05, 4.69) is 119 Å². The van der Waals surface area contributed by atoms with Crippen molar-refractivity contribution in [3.05, 3.63) is 101 Å². The van der Waals surface area contributed by atoms with Crippen molar-refractivity contribution in [1.82, 2.24) is 0 Å². The number of anilines is 2. The molecule has 5 rings (SSSR count). The van der Waals surface area contributed by atoms with E-state index in [-0.39, 0.29) is 10.8 Å². The Hall–Kier alpha value is -4.12. The summed E-state index contributed by atoms with van der Waals surface area (Å²) in [4.78, 5) is 14.1. The second kappa shape index (κ2) is 9.88. The molecule has 0 spiro atoms. The van der Waals surface area contributed by atoms with Crippen LogP contribution in [-0.2, 0) is 10.8 Å². The van der Waals surface area contributed by atoms with Gasteiger partial charge in [-0.25, -0.2) is 0 Å². The Morgan fingerprint density at radius 3 is 1.62 bits per heavy atom. The number of aryl methyl sites for hydroxylation is 1. The van der Waals surface area contributed by atoms with E-state index in [0.717, 1.165) is 16.9 Å². The molecule has 0 fully saturated rings. The minimum atomic E-state index is -0.0895.